The van der Waals surface area contributed by atoms with Crippen LogP contribution in [0.5, 0.6) is 0 Å². The highest BCUT2D eigenvalue weighted by Gasteiger charge is 2.23. The van der Waals surface area contributed by atoms with E-state index in [1.165, 1.54) is 0 Å². The molecule has 1 aromatic rings. The van der Waals surface area contributed by atoms with Crippen molar-refractivity contribution in [3.8, 4) is 0 Å². The van der Waals surface area contributed by atoms with Crippen molar-refractivity contribution in [3.63, 3.8) is 0 Å². The summed E-state index contributed by atoms with van der Waals surface area (Å²) in [6.45, 7) is 4.14. The number of carbonyl (C=O) groups excluding carboxylic acids is 1. The number of ether oxygens (including phenoxy) is 1. The van der Waals surface area contributed by atoms with E-state index in [4.69, 9.17) is 4.74 Å². The highest BCUT2D eigenvalue weighted by molar-refractivity contribution is 5.97. The first kappa shape index (κ1) is 12.2. The van der Waals surface area contributed by atoms with E-state index in [1.807, 2.05) is 0 Å². The summed E-state index contributed by atoms with van der Waals surface area (Å²) >= 11 is 0. The van der Waals surface area contributed by atoms with Gasteiger partial charge < -0.3 is 4.74 Å². The molecule has 0 spiro atoms. The molecule has 92 valence electrons. The Morgan fingerprint density at radius 2 is 2.12 bits per heavy atom. The minimum absolute atomic E-state index is 0.0997. The maximum atomic E-state index is 11.7. The number of carbonyl (C=O) groups is 1. The van der Waals surface area contributed by atoms with Gasteiger partial charge in [0.15, 0.2) is 11.6 Å². The summed E-state index contributed by atoms with van der Waals surface area (Å²) in [7, 11) is 1.67. The van der Waals surface area contributed by atoms with Crippen molar-refractivity contribution in [1.82, 2.24) is 9.97 Å². The Morgan fingerprint density at radius 3 is 2.76 bits per heavy atom. The topological polar surface area (TPSA) is 52.1 Å². The molecule has 4 heteroatoms. The molecule has 0 bridgehead atoms. The number of fused-ring (bicyclic) bond motifs is 1. The summed E-state index contributed by atoms with van der Waals surface area (Å²) in [5.74, 6) is 1.17. The second-order valence-electron chi connectivity index (χ2n) is 4.77. The van der Waals surface area contributed by atoms with Crippen LogP contribution in [0.15, 0.2) is 6.20 Å². The third-order valence-corrected chi connectivity index (χ3v) is 3.12. The molecule has 1 aromatic heterocycles. The third kappa shape index (κ3) is 2.36. The number of hydrogen-bond donors (Lipinski definition) is 0. The van der Waals surface area contributed by atoms with Gasteiger partial charge in [-0.3, -0.25) is 4.79 Å². The van der Waals surface area contributed by atoms with Gasteiger partial charge in [0.25, 0.3) is 0 Å². The summed E-state index contributed by atoms with van der Waals surface area (Å²) in [6, 6.07) is 0. The third-order valence-electron chi connectivity index (χ3n) is 3.12. The Labute approximate surface area is 101 Å². The van der Waals surface area contributed by atoms with Gasteiger partial charge in [-0.25, -0.2) is 9.97 Å². The molecule has 0 aromatic carbocycles. The van der Waals surface area contributed by atoms with Gasteiger partial charge in [0.05, 0.1) is 11.3 Å². The van der Waals surface area contributed by atoms with Crippen LogP contribution in [0.1, 0.15) is 54.7 Å². The van der Waals surface area contributed by atoms with Crippen LogP contribution < -0.4 is 0 Å². The zero-order valence-electron chi connectivity index (χ0n) is 10.6. The Kier molecular flexibility index (Phi) is 3.52. The van der Waals surface area contributed by atoms with Gasteiger partial charge in [-0.05, 0) is 18.8 Å². The standard InChI is InChI=1S/C13H18N2O2/c1-8(2)12(17-3)13-14-7-9-10(15-13)5-4-6-11(9)16/h7-8,12H,4-6H2,1-3H3. The van der Waals surface area contributed by atoms with E-state index in [0.717, 1.165) is 18.5 Å². The molecule has 0 radical (unpaired) electrons. The quantitative estimate of drug-likeness (QED) is 0.805. The first-order valence-electron chi connectivity index (χ1n) is 6.05. The number of hydrogen-bond acceptors (Lipinski definition) is 4. The van der Waals surface area contributed by atoms with Crippen LogP contribution in [0.2, 0.25) is 0 Å². The van der Waals surface area contributed by atoms with E-state index in [-0.39, 0.29) is 11.9 Å². The lowest BCUT2D eigenvalue weighted by atomic mass is 9.96. The molecule has 1 heterocycles. The van der Waals surface area contributed by atoms with E-state index in [9.17, 15) is 4.79 Å². The molecular weight excluding hydrogens is 216 g/mol. The van der Waals surface area contributed by atoms with Crippen LogP contribution in [0.25, 0.3) is 0 Å². The molecule has 0 saturated carbocycles. The van der Waals surface area contributed by atoms with Crippen LogP contribution in [-0.4, -0.2) is 22.9 Å². The van der Waals surface area contributed by atoms with E-state index >= 15 is 0 Å². The van der Waals surface area contributed by atoms with Gasteiger partial charge in [0, 0.05) is 19.7 Å². The lowest BCUT2D eigenvalue weighted by Crippen LogP contribution is -2.18. The molecule has 1 aliphatic carbocycles. The zero-order chi connectivity index (χ0) is 12.4. The molecule has 17 heavy (non-hydrogen) atoms. The van der Waals surface area contributed by atoms with Crippen LogP contribution in [0, 0.1) is 5.92 Å². The predicted octanol–water partition coefficient (Wildman–Crippen LogP) is 2.34. The number of Topliss-reactive ketones (excluding diaryl/α,β-unsaturated/α-hetero) is 1. The van der Waals surface area contributed by atoms with Crippen molar-refractivity contribution in [2.24, 2.45) is 5.92 Å². The van der Waals surface area contributed by atoms with Gasteiger partial charge in [-0.1, -0.05) is 13.8 Å². The molecule has 1 unspecified atom stereocenters. The van der Waals surface area contributed by atoms with E-state index in [2.05, 4.69) is 23.8 Å². The number of ketones is 1. The van der Waals surface area contributed by atoms with Crippen molar-refractivity contribution in [1.29, 1.82) is 0 Å². The van der Waals surface area contributed by atoms with E-state index in [0.29, 0.717) is 23.7 Å². The smallest absolute Gasteiger partial charge is 0.166 e. The lowest BCUT2D eigenvalue weighted by Gasteiger charge is -2.20. The van der Waals surface area contributed by atoms with Gasteiger partial charge in [-0.2, -0.15) is 0 Å². The largest absolute Gasteiger partial charge is 0.373 e. The summed E-state index contributed by atoms with van der Waals surface area (Å²) in [6.07, 6.45) is 3.94. The van der Waals surface area contributed by atoms with Crippen molar-refractivity contribution in [2.45, 2.75) is 39.2 Å². The van der Waals surface area contributed by atoms with Gasteiger partial charge in [0.1, 0.15) is 6.10 Å². The van der Waals surface area contributed by atoms with Crippen molar-refractivity contribution in [3.05, 3.63) is 23.3 Å². The van der Waals surface area contributed by atoms with Crippen LogP contribution in [-0.2, 0) is 11.2 Å². The zero-order valence-corrected chi connectivity index (χ0v) is 10.6. The maximum absolute atomic E-state index is 11.7. The van der Waals surface area contributed by atoms with E-state index in [1.54, 1.807) is 13.3 Å². The number of aromatic nitrogens is 2. The molecule has 0 amide bonds. The molecule has 0 N–H and O–H groups in total. The highest BCUT2D eigenvalue weighted by Crippen LogP contribution is 2.25. The molecule has 4 nitrogen and oxygen atoms in total. The Morgan fingerprint density at radius 1 is 1.35 bits per heavy atom. The predicted molar refractivity (Wildman–Crippen MR) is 63.9 cm³/mol. The second-order valence-corrected chi connectivity index (χ2v) is 4.77. The van der Waals surface area contributed by atoms with Crippen LogP contribution in [0.4, 0.5) is 0 Å². The Balaban J connectivity index is 2.35. The van der Waals surface area contributed by atoms with Crippen molar-refractivity contribution >= 4 is 5.78 Å². The number of aryl methyl sites for hydroxylation is 1. The highest BCUT2D eigenvalue weighted by atomic mass is 16.5. The van der Waals surface area contributed by atoms with Crippen LogP contribution in [0.3, 0.4) is 0 Å². The Hall–Kier alpha value is -1.29. The average Bonchev–Trinajstić information content (AvgIpc) is 2.29. The fraction of sp³-hybridized carbons (Fsp3) is 0.615. The fourth-order valence-electron chi connectivity index (χ4n) is 2.22. The minimum atomic E-state index is -0.0997. The summed E-state index contributed by atoms with van der Waals surface area (Å²) in [4.78, 5) is 20.4. The first-order valence-corrected chi connectivity index (χ1v) is 6.05. The van der Waals surface area contributed by atoms with Crippen molar-refractivity contribution in [2.75, 3.05) is 7.11 Å². The number of methoxy groups -OCH3 is 1. The Bertz CT molecular complexity index is 429. The molecule has 1 atom stereocenters. The lowest BCUT2D eigenvalue weighted by molar-refractivity contribution is 0.0571. The molecular formula is C13H18N2O2. The van der Waals surface area contributed by atoms with Gasteiger partial charge in [0.2, 0.25) is 0 Å². The monoisotopic (exact) mass is 234 g/mol. The fourth-order valence-corrected chi connectivity index (χ4v) is 2.22. The van der Waals surface area contributed by atoms with Gasteiger partial charge >= 0.3 is 0 Å². The summed E-state index contributed by atoms with van der Waals surface area (Å²) in [5, 5.41) is 0. The number of rotatable bonds is 3. The van der Waals surface area contributed by atoms with Crippen molar-refractivity contribution < 1.29 is 9.53 Å². The molecule has 0 saturated heterocycles. The normalized spacial score (nSPS) is 17.1. The summed E-state index contributed by atoms with van der Waals surface area (Å²) in [5.41, 5.74) is 1.58. The second kappa shape index (κ2) is 4.92. The average molecular weight is 234 g/mol. The molecule has 2 rings (SSSR count). The maximum Gasteiger partial charge on any atom is 0.166 e. The summed E-state index contributed by atoms with van der Waals surface area (Å²) < 4.78 is 5.41. The first-order chi connectivity index (χ1) is 8.13. The molecule has 0 fully saturated rings. The van der Waals surface area contributed by atoms with Crippen LogP contribution >= 0.6 is 0 Å². The minimum Gasteiger partial charge on any atom is -0.373 e. The van der Waals surface area contributed by atoms with E-state index < -0.39 is 0 Å². The SMILES string of the molecule is COC(c1ncc2c(n1)CCCC2=O)C(C)C. The molecule has 1 aliphatic rings. The molecule has 0 aliphatic heterocycles. The van der Waals surface area contributed by atoms with Gasteiger partial charge in [-0.15, -0.1) is 0 Å². The number of nitrogens with zero attached hydrogens (tertiary/aromatic N) is 2.